The molecule has 1 amide bonds. The molecule has 2 fully saturated rings. The molecule has 2 aliphatic heterocycles. The van der Waals surface area contributed by atoms with Crippen molar-refractivity contribution in [2.75, 3.05) is 32.7 Å². The highest BCUT2D eigenvalue weighted by molar-refractivity contribution is 5.78. The van der Waals surface area contributed by atoms with Gasteiger partial charge in [0.25, 0.3) is 0 Å². The number of carboxylic acids is 1. The lowest BCUT2D eigenvalue weighted by Gasteiger charge is -2.37. The van der Waals surface area contributed by atoms with Crippen LogP contribution in [-0.2, 0) is 21.4 Å². The number of rotatable bonds is 5. The number of likely N-dealkylation sites (tertiary alicyclic amines) is 2. The molecule has 164 valence electrons. The van der Waals surface area contributed by atoms with E-state index in [0.29, 0.717) is 19.4 Å². The molecule has 3 heterocycles. The van der Waals surface area contributed by atoms with E-state index >= 15 is 0 Å². The van der Waals surface area contributed by atoms with Crippen LogP contribution in [0.4, 0.5) is 13.2 Å². The first-order valence-corrected chi connectivity index (χ1v) is 9.68. The molecule has 0 saturated carbocycles. The Balaban J connectivity index is 0.000000370. The van der Waals surface area contributed by atoms with E-state index < -0.39 is 12.1 Å². The number of carbonyl (C=O) groups is 2. The van der Waals surface area contributed by atoms with Crippen molar-refractivity contribution in [3.05, 3.63) is 11.7 Å². The lowest BCUT2D eigenvalue weighted by molar-refractivity contribution is -0.192. The topological polar surface area (TPSA) is 99.8 Å². The SMILES string of the molecule is CCN1CCCC(C)(c2nc(CCN3CCCC3=O)no2)C1.O=C(O)C(F)(F)F. The number of alkyl halides is 3. The van der Waals surface area contributed by atoms with Gasteiger partial charge in [0.05, 0.1) is 5.41 Å². The standard InChI is InChI=1S/C16H26N4O2.C2HF3O2/c1-3-19-9-5-8-16(2,12-19)15-17-13(18-22-15)7-11-20-10-4-6-14(20)21;3-2(4,5)1(6)7/h3-12H2,1-2H3;(H,6,7). The zero-order chi connectivity index (χ0) is 21.7. The summed E-state index contributed by atoms with van der Waals surface area (Å²) >= 11 is 0. The normalized spacial score (nSPS) is 23.1. The largest absolute Gasteiger partial charge is 0.490 e. The van der Waals surface area contributed by atoms with Crippen molar-refractivity contribution in [1.29, 1.82) is 0 Å². The molecule has 0 spiro atoms. The molecule has 2 saturated heterocycles. The van der Waals surface area contributed by atoms with Gasteiger partial charge in [-0.1, -0.05) is 12.1 Å². The minimum Gasteiger partial charge on any atom is -0.475 e. The average Bonchev–Trinajstić information content (AvgIpc) is 3.29. The van der Waals surface area contributed by atoms with Crippen LogP contribution in [0.3, 0.4) is 0 Å². The van der Waals surface area contributed by atoms with Crippen molar-refractivity contribution in [3.63, 3.8) is 0 Å². The molecule has 1 aromatic heterocycles. The van der Waals surface area contributed by atoms with E-state index in [2.05, 4.69) is 28.9 Å². The van der Waals surface area contributed by atoms with E-state index in [0.717, 1.165) is 50.7 Å². The van der Waals surface area contributed by atoms with Crippen molar-refractivity contribution in [2.45, 2.75) is 57.5 Å². The average molecular weight is 420 g/mol. The van der Waals surface area contributed by atoms with Gasteiger partial charge < -0.3 is 19.4 Å². The summed E-state index contributed by atoms with van der Waals surface area (Å²) in [6.07, 6.45) is -0.480. The van der Waals surface area contributed by atoms with Gasteiger partial charge in [-0.2, -0.15) is 18.2 Å². The van der Waals surface area contributed by atoms with Crippen LogP contribution in [0.5, 0.6) is 0 Å². The first-order chi connectivity index (χ1) is 13.5. The lowest BCUT2D eigenvalue weighted by Crippen LogP contribution is -2.44. The Kier molecular flexibility index (Phi) is 7.61. The predicted molar refractivity (Wildman–Crippen MR) is 96.2 cm³/mol. The smallest absolute Gasteiger partial charge is 0.475 e. The second-order valence-corrected chi connectivity index (χ2v) is 7.59. The second-order valence-electron chi connectivity index (χ2n) is 7.59. The monoisotopic (exact) mass is 420 g/mol. The molecule has 1 unspecified atom stereocenters. The van der Waals surface area contributed by atoms with Crippen LogP contribution in [-0.4, -0.2) is 75.8 Å². The molecule has 1 aromatic rings. The van der Waals surface area contributed by atoms with Gasteiger partial charge in [0.2, 0.25) is 11.8 Å². The quantitative estimate of drug-likeness (QED) is 0.780. The first kappa shape index (κ1) is 23.1. The highest BCUT2D eigenvalue weighted by Gasteiger charge is 2.38. The van der Waals surface area contributed by atoms with Gasteiger partial charge in [0.15, 0.2) is 5.82 Å². The number of carbonyl (C=O) groups excluding carboxylic acids is 1. The minimum atomic E-state index is -5.08. The fourth-order valence-corrected chi connectivity index (χ4v) is 3.57. The van der Waals surface area contributed by atoms with E-state index in [1.165, 1.54) is 6.42 Å². The van der Waals surface area contributed by atoms with Crippen LogP contribution in [0, 0.1) is 0 Å². The number of carboxylic acid groups (broad SMARTS) is 1. The maximum atomic E-state index is 11.6. The van der Waals surface area contributed by atoms with Crippen molar-refractivity contribution in [2.24, 2.45) is 0 Å². The van der Waals surface area contributed by atoms with Crippen LogP contribution in [0.15, 0.2) is 4.52 Å². The zero-order valence-corrected chi connectivity index (χ0v) is 16.7. The van der Waals surface area contributed by atoms with E-state index in [9.17, 15) is 18.0 Å². The number of likely N-dealkylation sites (N-methyl/N-ethyl adjacent to an activating group) is 1. The van der Waals surface area contributed by atoms with Crippen LogP contribution >= 0.6 is 0 Å². The number of aromatic nitrogens is 2. The molecule has 8 nitrogen and oxygen atoms in total. The molecular weight excluding hydrogens is 393 g/mol. The van der Waals surface area contributed by atoms with Crippen LogP contribution in [0.2, 0.25) is 0 Å². The molecule has 1 N–H and O–H groups in total. The fraction of sp³-hybridized carbons (Fsp3) is 0.778. The number of nitrogens with zero attached hydrogens (tertiary/aromatic N) is 4. The molecule has 11 heteroatoms. The van der Waals surface area contributed by atoms with Gasteiger partial charge in [-0.15, -0.1) is 0 Å². The molecule has 0 radical (unpaired) electrons. The third-order valence-electron chi connectivity index (χ3n) is 5.23. The Morgan fingerprint density at radius 3 is 2.55 bits per heavy atom. The van der Waals surface area contributed by atoms with E-state index in [4.69, 9.17) is 14.4 Å². The van der Waals surface area contributed by atoms with Crippen molar-refractivity contribution in [1.82, 2.24) is 19.9 Å². The van der Waals surface area contributed by atoms with Gasteiger partial charge in [-0.3, -0.25) is 4.79 Å². The van der Waals surface area contributed by atoms with Gasteiger partial charge in [-0.05, 0) is 39.3 Å². The Morgan fingerprint density at radius 1 is 1.31 bits per heavy atom. The maximum absolute atomic E-state index is 11.6. The first-order valence-electron chi connectivity index (χ1n) is 9.68. The third-order valence-corrected chi connectivity index (χ3v) is 5.23. The summed E-state index contributed by atoms with van der Waals surface area (Å²) in [5.74, 6) is -1.02. The van der Waals surface area contributed by atoms with Crippen LogP contribution in [0.1, 0.15) is 51.2 Å². The van der Waals surface area contributed by atoms with Gasteiger partial charge in [0, 0.05) is 32.5 Å². The highest BCUT2D eigenvalue weighted by Crippen LogP contribution is 2.32. The summed E-state index contributed by atoms with van der Waals surface area (Å²) in [5.41, 5.74) is -0.0387. The Hall–Kier alpha value is -2.17. The lowest BCUT2D eigenvalue weighted by atomic mass is 9.81. The Bertz CT molecular complexity index is 710. The van der Waals surface area contributed by atoms with Gasteiger partial charge in [0.1, 0.15) is 0 Å². The molecule has 2 aliphatic rings. The van der Waals surface area contributed by atoms with E-state index in [1.54, 1.807) is 0 Å². The number of halogens is 3. The second kappa shape index (κ2) is 9.55. The highest BCUT2D eigenvalue weighted by atomic mass is 19.4. The van der Waals surface area contributed by atoms with Gasteiger partial charge >= 0.3 is 12.1 Å². The van der Waals surface area contributed by atoms with Crippen molar-refractivity contribution < 1.29 is 32.4 Å². The summed E-state index contributed by atoms with van der Waals surface area (Å²) in [5, 5.41) is 11.3. The summed E-state index contributed by atoms with van der Waals surface area (Å²) in [7, 11) is 0. The fourth-order valence-electron chi connectivity index (χ4n) is 3.57. The maximum Gasteiger partial charge on any atom is 0.490 e. The molecule has 0 aliphatic carbocycles. The minimum absolute atomic E-state index is 0.0387. The third kappa shape index (κ3) is 6.41. The summed E-state index contributed by atoms with van der Waals surface area (Å²) in [6, 6.07) is 0. The Morgan fingerprint density at radius 2 is 2.00 bits per heavy atom. The van der Waals surface area contributed by atoms with Gasteiger partial charge in [-0.25, -0.2) is 4.79 Å². The number of piperidine rings is 1. The summed E-state index contributed by atoms with van der Waals surface area (Å²) in [4.78, 5) is 29.5. The number of amides is 1. The van der Waals surface area contributed by atoms with Crippen molar-refractivity contribution >= 4 is 11.9 Å². The van der Waals surface area contributed by atoms with Crippen molar-refractivity contribution in [3.8, 4) is 0 Å². The molecule has 1 atom stereocenters. The predicted octanol–water partition coefficient (Wildman–Crippen LogP) is 2.24. The number of aliphatic carboxylic acids is 1. The van der Waals surface area contributed by atoms with E-state index in [1.807, 2.05) is 4.90 Å². The molecule has 29 heavy (non-hydrogen) atoms. The van der Waals surface area contributed by atoms with Crippen LogP contribution in [0.25, 0.3) is 0 Å². The molecule has 0 bridgehead atoms. The Labute approximate surface area is 167 Å². The zero-order valence-electron chi connectivity index (χ0n) is 16.7. The molecule has 0 aromatic carbocycles. The number of hydrogen-bond acceptors (Lipinski definition) is 6. The molecule has 3 rings (SSSR count). The number of hydrogen-bond donors (Lipinski definition) is 1. The van der Waals surface area contributed by atoms with Crippen LogP contribution < -0.4 is 0 Å². The van der Waals surface area contributed by atoms with E-state index in [-0.39, 0.29) is 11.3 Å². The molecular formula is C18H27F3N4O4. The summed E-state index contributed by atoms with van der Waals surface area (Å²) in [6.45, 7) is 9.18. The summed E-state index contributed by atoms with van der Waals surface area (Å²) < 4.78 is 37.3.